The molecule has 16 heavy (non-hydrogen) atoms. The minimum atomic E-state index is -0.805. The molecule has 0 heterocycles. The van der Waals surface area contributed by atoms with Crippen molar-refractivity contribution in [1.82, 2.24) is 5.32 Å². The van der Waals surface area contributed by atoms with Crippen LogP contribution in [0.3, 0.4) is 0 Å². The van der Waals surface area contributed by atoms with E-state index in [0.717, 1.165) is 12.8 Å². The summed E-state index contributed by atoms with van der Waals surface area (Å²) in [6.07, 6.45) is 3.28. The number of nitrogens with two attached hydrogens (primary N) is 1. The van der Waals surface area contributed by atoms with E-state index in [1.165, 1.54) is 0 Å². The van der Waals surface area contributed by atoms with Gasteiger partial charge in [0.05, 0.1) is 6.04 Å². The summed E-state index contributed by atoms with van der Waals surface area (Å²) in [5.41, 5.74) is 5.80. The van der Waals surface area contributed by atoms with Crippen LogP contribution in [0.15, 0.2) is 0 Å². The van der Waals surface area contributed by atoms with Crippen LogP contribution in [0.4, 0.5) is 0 Å². The second-order valence-corrected chi connectivity index (χ2v) is 5.94. The Morgan fingerprint density at radius 2 is 2.00 bits per heavy atom. The van der Waals surface area contributed by atoms with Gasteiger partial charge in [0, 0.05) is 28.9 Å². The number of rotatable bonds is 7. The average Bonchev–Trinajstić information content (AvgIpc) is 2.24. The maximum Gasteiger partial charge on any atom is 0.237 e. The second kappa shape index (κ2) is 7.79. The molecule has 4 atom stereocenters. The van der Waals surface area contributed by atoms with Gasteiger partial charge in [-0.1, -0.05) is 20.3 Å². The first-order chi connectivity index (χ1) is 7.38. The summed E-state index contributed by atoms with van der Waals surface area (Å²) in [7, 11) is -0.805. The number of hydrogen-bond acceptors (Lipinski definition) is 3. The summed E-state index contributed by atoms with van der Waals surface area (Å²) >= 11 is 0. The van der Waals surface area contributed by atoms with Gasteiger partial charge in [0.1, 0.15) is 0 Å². The molecule has 0 saturated heterocycles. The minimum absolute atomic E-state index is 0.0338. The molecule has 3 N–H and O–H groups in total. The number of carbonyl (C=O) groups is 1. The van der Waals surface area contributed by atoms with Crippen molar-refractivity contribution in [2.45, 2.75) is 45.7 Å². The van der Waals surface area contributed by atoms with Crippen molar-refractivity contribution in [3.05, 3.63) is 0 Å². The highest BCUT2D eigenvalue weighted by Gasteiger charge is 2.20. The highest BCUT2D eigenvalue weighted by Crippen LogP contribution is 2.05. The van der Waals surface area contributed by atoms with Crippen LogP contribution < -0.4 is 11.1 Å². The third-order valence-electron chi connectivity index (χ3n) is 2.79. The monoisotopic (exact) mass is 248 g/mol. The molecule has 0 rings (SSSR count). The molecule has 0 aliphatic carbocycles. The maximum atomic E-state index is 11.7. The number of amides is 1. The third-order valence-corrected chi connectivity index (χ3v) is 3.60. The van der Waals surface area contributed by atoms with Gasteiger partial charge in [-0.3, -0.25) is 9.00 Å². The van der Waals surface area contributed by atoms with Gasteiger partial charge < -0.3 is 11.1 Å². The Morgan fingerprint density at radius 3 is 2.44 bits per heavy atom. The van der Waals surface area contributed by atoms with Crippen LogP contribution in [0.1, 0.15) is 33.6 Å². The Morgan fingerprint density at radius 1 is 1.44 bits per heavy atom. The highest BCUT2D eigenvalue weighted by atomic mass is 32.2. The van der Waals surface area contributed by atoms with E-state index in [4.69, 9.17) is 5.73 Å². The Labute approximate surface area is 101 Å². The lowest BCUT2D eigenvalue weighted by atomic mass is 9.99. The summed E-state index contributed by atoms with van der Waals surface area (Å²) in [4.78, 5) is 11.7. The van der Waals surface area contributed by atoms with E-state index in [9.17, 15) is 9.00 Å². The first-order valence-corrected chi connectivity index (χ1v) is 7.47. The zero-order chi connectivity index (χ0) is 12.7. The van der Waals surface area contributed by atoms with Crippen molar-refractivity contribution in [3.8, 4) is 0 Å². The van der Waals surface area contributed by atoms with Crippen LogP contribution >= 0.6 is 0 Å². The fourth-order valence-corrected chi connectivity index (χ4v) is 1.95. The number of nitrogens with one attached hydrogen (secondary N) is 1. The molecule has 0 aromatic rings. The molecule has 5 heteroatoms. The highest BCUT2D eigenvalue weighted by molar-refractivity contribution is 7.84. The van der Waals surface area contributed by atoms with Crippen molar-refractivity contribution >= 4 is 16.7 Å². The van der Waals surface area contributed by atoms with Crippen molar-refractivity contribution in [1.29, 1.82) is 0 Å². The van der Waals surface area contributed by atoms with Gasteiger partial charge in [-0.25, -0.2) is 0 Å². The molecule has 0 saturated carbocycles. The summed E-state index contributed by atoms with van der Waals surface area (Å²) < 4.78 is 10.9. The van der Waals surface area contributed by atoms with E-state index < -0.39 is 16.8 Å². The first kappa shape index (κ1) is 15.6. The molecule has 0 aliphatic heterocycles. The molecule has 0 aliphatic rings. The topological polar surface area (TPSA) is 72.2 Å². The standard InChI is InChI=1S/C11H24N2O2S/c1-5-8(2)10(12)11(14)13-9(3)6-7-16(4)15/h8-10H,5-7,12H2,1-4H3,(H,13,14)/t8?,9?,10-,16?/m0/s1. The van der Waals surface area contributed by atoms with E-state index in [1.54, 1.807) is 6.26 Å². The molecule has 4 nitrogen and oxygen atoms in total. The third kappa shape index (κ3) is 6.23. The van der Waals surface area contributed by atoms with E-state index >= 15 is 0 Å². The first-order valence-electron chi connectivity index (χ1n) is 5.74. The molecule has 0 radical (unpaired) electrons. The van der Waals surface area contributed by atoms with Crippen LogP contribution in [0.25, 0.3) is 0 Å². The molecule has 3 unspecified atom stereocenters. The number of carbonyl (C=O) groups excluding carboxylic acids is 1. The van der Waals surface area contributed by atoms with Crippen LogP contribution in [0.2, 0.25) is 0 Å². The Kier molecular flexibility index (Phi) is 7.58. The van der Waals surface area contributed by atoms with Gasteiger partial charge in [-0.05, 0) is 19.3 Å². The lowest BCUT2D eigenvalue weighted by Gasteiger charge is -2.20. The molecule has 0 bridgehead atoms. The smallest absolute Gasteiger partial charge is 0.237 e. The lowest BCUT2D eigenvalue weighted by Crippen LogP contribution is -2.47. The minimum Gasteiger partial charge on any atom is -0.352 e. The fourth-order valence-electron chi connectivity index (χ4n) is 1.27. The zero-order valence-electron chi connectivity index (χ0n) is 10.7. The summed E-state index contributed by atoms with van der Waals surface area (Å²) in [6, 6.07) is -0.411. The van der Waals surface area contributed by atoms with Crippen LogP contribution in [0, 0.1) is 5.92 Å². The average molecular weight is 248 g/mol. The van der Waals surface area contributed by atoms with E-state index in [0.29, 0.717) is 5.75 Å². The molecule has 0 fully saturated rings. The molecule has 96 valence electrons. The molecule has 0 aromatic carbocycles. The summed E-state index contributed by atoms with van der Waals surface area (Å²) in [5.74, 6) is 0.691. The van der Waals surface area contributed by atoms with Crippen LogP contribution in [0.5, 0.6) is 0 Å². The quantitative estimate of drug-likeness (QED) is 0.694. The van der Waals surface area contributed by atoms with Gasteiger partial charge in [0.15, 0.2) is 0 Å². The summed E-state index contributed by atoms with van der Waals surface area (Å²) in [6.45, 7) is 5.89. The number of hydrogen-bond donors (Lipinski definition) is 2. The molecule has 0 aromatic heterocycles. The molecule has 1 amide bonds. The van der Waals surface area contributed by atoms with Crippen molar-refractivity contribution < 1.29 is 9.00 Å². The molecule has 0 spiro atoms. The SMILES string of the molecule is CCC(C)[C@H](N)C(=O)NC(C)CCS(C)=O. The van der Waals surface area contributed by atoms with Gasteiger partial charge in [-0.15, -0.1) is 0 Å². The maximum absolute atomic E-state index is 11.7. The normalized spacial score (nSPS) is 18.6. The van der Waals surface area contributed by atoms with Gasteiger partial charge in [0.25, 0.3) is 0 Å². The second-order valence-electron chi connectivity index (χ2n) is 4.39. The lowest BCUT2D eigenvalue weighted by molar-refractivity contribution is -0.124. The van der Waals surface area contributed by atoms with Crippen molar-refractivity contribution in [3.63, 3.8) is 0 Å². The van der Waals surface area contributed by atoms with Gasteiger partial charge in [0.2, 0.25) is 5.91 Å². The van der Waals surface area contributed by atoms with E-state index in [-0.39, 0.29) is 17.9 Å². The fraction of sp³-hybridized carbons (Fsp3) is 0.909. The van der Waals surface area contributed by atoms with Crippen LogP contribution in [-0.2, 0) is 15.6 Å². The van der Waals surface area contributed by atoms with E-state index in [2.05, 4.69) is 5.32 Å². The molecular formula is C11H24N2O2S. The zero-order valence-corrected chi connectivity index (χ0v) is 11.5. The van der Waals surface area contributed by atoms with Crippen molar-refractivity contribution in [2.24, 2.45) is 11.7 Å². The predicted octanol–water partition coefficient (Wildman–Crippen LogP) is 0.633. The predicted molar refractivity (Wildman–Crippen MR) is 68.6 cm³/mol. The van der Waals surface area contributed by atoms with Gasteiger partial charge >= 0.3 is 0 Å². The van der Waals surface area contributed by atoms with Gasteiger partial charge in [-0.2, -0.15) is 0 Å². The van der Waals surface area contributed by atoms with Crippen LogP contribution in [-0.4, -0.2) is 34.2 Å². The van der Waals surface area contributed by atoms with Crippen molar-refractivity contribution in [2.75, 3.05) is 12.0 Å². The van der Waals surface area contributed by atoms with E-state index in [1.807, 2.05) is 20.8 Å². The Bertz CT molecular complexity index is 246. The largest absolute Gasteiger partial charge is 0.352 e. The Hall–Kier alpha value is -0.420. The Balaban J connectivity index is 3.98. The molecular weight excluding hydrogens is 224 g/mol. The summed E-state index contributed by atoms with van der Waals surface area (Å²) in [5, 5.41) is 2.85.